The number of rotatable bonds is 5. The van der Waals surface area contributed by atoms with Crippen molar-refractivity contribution in [1.82, 2.24) is 14.8 Å². The smallest absolute Gasteiger partial charge is 0.191 e. The second kappa shape index (κ2) is 7.97. The molecular formula is C21H24BrN3S. The van der Waals surface area contributed by atoms with Crippen LogP contribution in [-0.4, -0.2) is 14.8 Å². The van der Waals surface area contributed by atoms with Crippen molar-refractivity contribution >= 4 is 27.7 Å². The monoisotopic (exact) mass is 429 g/mol. The van der Waals surface area contributed by atoms with Gasteiger partial charge in [0, 0.05) is 22.3 Å². The predicted molar refractivity (Wildman–Crippen MR) is 114 cm³/mol. The van der Waals surface area contributed by atoms with Gasteiger partial charge in [-0.15, -0.1) is 10.2 Å². The predicted octanol–water partition coefficient (Wildman–Crippen LogP) is 6.32. The highest BCUT2D eigenvalue weighted by Gasteiger charge is 2.16. The molecule has 0 amide bonds. The summed E-state index contributed by atoms with van der Waals surface area (Å²) in [4.78, 5) is 0. The summed E-state index contributed by atoms with van der Waals surface area (Å²) in [5.41, 5.74) is 3.86. The Morgan fingerprint density at radius 3 is 2.38 bits per heavy atom. The van der Waals surface area contributed by atoms with Crippen LogP contribution in [0.25, 0.3) is 11.4 Å². The summed E-state index contributed by atoms with van der Waals surface area (Å²) < 4.78 is 3.29. The van der Waals surface area contributed by atoms with Crippen LogP contribution in [0, 0.1) is 0 Å². The topological polar surface area (TPSA) is 30.7 Å². The average Bonchev–Trinajstić information content (AvgIpc) is 3.02. The molecule has 0 fully saturated rings. The van der Waals surface area contributed by atoms with Crippen molar-refractivity contribution in [3.05, 3.63) is 64.1 Å². The van der Waals surface area contributed by atoms with Crippen LogP contribution in [-0.2, 0) is 17.7 Å². The molecule has 136 valence electrons. The van der Waals surface area contributed by atoms with Gasteiger partial charge in [0.05, 0.1) is 0 Å². The van der Waals surface area contributed by atoms with Crippen LogP contribution < -0.4 is 0 Å². The lowest BCUT2D eigenvalue weighted by Gasteiger charge is -2.19. The third-order valence-corrected chi connectivity index (χ3v) is 5.83. The average molecular weight is 430 g/mol. The van der Waals surface area contributed by atoms with Gasteiger partial charge in [-0.25, -0.2) is 0 Å². The van der Waals surface area contributed by atoms with Crippen LogP contribution in [0.1, 0.15) is 38.8 Å². The van der Waals surface area contributed by atoms with Crippen LogP contribution in [0.15, 0.2) is 58.2 Å². The van der Waals surface area contributed by atoms with Gasteiger partial charge < -0.3 is 4.57 Å². The van der Waals surface area contributed by atoms with Crippen molar-refractivity contribution in [2.75, 3.05) is 0 Å². The van der Waals surface area contributed by atoms with Gasteiger partial charge in [-0.2, -0.15) is 0 Å². The van der Waals surface area contributed by atoms with Crippen molar-refractivity contribution in [3.8, 4) is 11.4 Å². The van der Waals surface area contributed by atoms with Gasteiger partial charge in [0.25, 0.3) is 0 Å². The first kappa shape index (κ1) is 19.2. The Kier molecular flexibility index (Phi) is 5.88. The number of thioether (sulfide) groups is 1. The molecule has 0 aliphatic rings. The lowest BCUT2D eigenvalue weighted by Crippen LogP contribution is -2.10. The summed E-state index contributed by atoms with van der Waals surface area (Å²) in [7, 11) is 0. The molecule has 0 atom stereocenters. The molecule has 0 saturated heterocycles. The summed E-state index contributed by atoms with van der Waals surface area (Å²) in [5.74, 6) is 1.81. The fraction of sp³-hybridized carbons (Fsp3) is 0.333. The van der Waals surface area contributed by atoms with E-state index in [1.165, 1.54) is 11.1 Å². The Hall–Kier alpha value is -1.59. The summed E-state index contributed by atoms with van der Waals surface area (Å²) in [6, 6.07) is 17.1. The van der Waals surface area contributed by atoms with E-state index in [2.05, 4.69) is 101 Å². The zero-order chi connectivity index (χ0) is 18.7. The Morgan fingerprint density at radius 2 is 1.77 bits per heavy atom. The SMILES string of the molecule is CCn1c(SCc2cccc(Br)c2)nnc1-c1ccc(C(C)(C)C)cc1. The van der Waals surface area contributed by atoms with Crippen molar-refractivity contribution < 1.29 is 0 Å². The first-order valence-electron chi connectivity index (χ1n) is 8.80. The zero-order valence-electron chi connectivity index (χ0n) is 15.7. The number of hydrogen-bond acceptors (Lipinski definition) is 3. The van der Waals surface area contributed by atoms with Crippen LogP contribution >= 0.6 is 27.7 Å². The van der Waals surface area contributed by atoms with Crippen LogP contribution in [0.4, 0.5) is 0 Å². The van der Waals surface area contributed by atoms with E-state index in [0.717, 1.165) is 33.3 Å². The van der Waals surface area contributed by atoms with E-state index < -0.39 is 0 Å². The molecule has 0 aliphatic carbocycles. The Bertz CT molecular complexity index is 879. The van der Waals surface area contributed by atoms with Crippen molar-refractivity contribution in [2.45, 2.75) is 50.6 Å². The van der Waals surface area contributed by atoms with Crippen molar-refractivity contribution in [1.29, 1.82) is 0 Å². The Morgan fingerprint density at radius 1 is 1.04 bits per heavy atom. The molecule has 0 unspecified atom stereocenters. The maximum atomic E-state index is 4.46. The first-order chi connectivity index (χ1) is 12.4. The number of hydrogen-bond donors (Lipinski definition) is 0. The Balaban J connectivity index is 1.81. The minimum atomic E-state index is 0.155. The number of nitrogens with zero attached hydrogens (tertiary/aromatic N) is 3. The van der Waals surface area contributed by atoms with E-state index in [1.54, 1.807) is 11.8 Å². The number of halogens is 1. The van der Waals surface area contributed by atoms with Crippen LogP contribution in [0.3, 0.4) is 0 Å². The van der Waals surface area contributed by atoms with Crippen LogP contribution in [0.2, 0.25) is 0 Å². The lowest BCUT2D eigenvalue weighted by molar-refractivity contribution is 0.590. The fourth-order valence-electron chi connectivity index (χ4n) is 2.79. The fourth-order valence-corrected chi connectivity index (χ4v) is 4.18. The van der Waals surface area contributed by atoms with E-state index in [9.17, 15) is 0 Å². The minimum absolute atomic E-state index is 0.155. The molecule has 0 N–H and O–H groups in total. The molecule has 2 aromatic carbocycles. The molecule has 5 heteroatoms. The van der Waals surface area contributed by atoms with Gasteiger partial charge in [-0.05, 0) is 35.6 Å². The molecule has 1 heterocycles. The van der Waals surface area contributed by atoms with Gasteiger partial charge in [0.1, 0.15) is 0 Å². The number of aromatic nitrogens is 3. The minimum Gasteiger partial charge on any atom is -0.302 e. The Labute approximate surface area is 168 Å². The van der Waals surface area contributed by atoms with Gasteiger partial charge in [0.15, 0.2) is 11.0 Å². The molecule has 0 radical (unpaired) electrons. The second-order valence-corrected chi connectivity index (χ2v) is 9.15. The standard InChI is InChI=1S/C21H24BrN3S/c1-5-25-19(16-9-11-17(12-10-16)21(2,3)4)23-24-20(25)26-14-15-7-6-8-18(22)13-15/h6-13H,5,14H2,1-4H3. The normalized spacial score (nSPS) is 11.7. The van der Waals surface area contributed by atoms with Gasteiger partial charge >= 0.3 is 0 Å². The van der Waals surface area contributed by atoms with E-state index >= 15 is 0 Å². The summed E-state index contributed by atoms with van der Waals surface area (Å²) in [6.45, 7) is 9.68. The van der Waals surface area contributed by atoms with Crippen molar-refractivity contribution in [2.24, 2.45) is 0 Å². The van der Waals surface area contributed by atoms with Gasteiger partial charge in [0.2, 0.25) is 0 Å². The molecule has 0 aliphatic heterocycles. The summed E-state index contributed by atoms with van der Waals surface area (Å²) in [6.07, 6.45) is 0. The van der Waals surface area contributed by atoms with E-state index in [-0.39, 0.29) is 5.41 Å². The van der Waals surface area contributed by atoms with Crippen LogP contribution in [0.5, 0.6) is 0 Å². The quantitative estimate of drug-likeness (QED) is 0.444. The maximum Gasteiger partial charge on any atom is 0.191 e. The largest absolute Gasteiger partial charge is 0.302 e. The molecule has 1 aromatic heterocycles. The molecule has 0 spiro atoms. The van der Waals surface area contributed by atoms with E-state index in [0.29, 0.717) is 0 Å². The molecule has 3 rings (SSSR count). The number of benzene rings is 2. The third-order valence-electron chi connectivity index (χ3n) is 4.30. The molecular weight excluding hydrogens is 406 g/mol. The highest BCUT2D eigenvalue weighted by molar-refractivity contribution is 9.10. The molecule has 26 heavy (non-hydrogen) atoms. The zero-order valence-corrected chi connectivity index (χ0v) is 18.1. The van der Waals surface area contributed by atoms with E-state index in [4.69, 9.17) is 0 Å². The summed E-state index contributed by atoms with van der Waals surface area (Å²) in [5, 5.41) is 9.86. The second-order valence-electron chi connectivity index (χ2n) is 7.30. The lowest BCUT2D eigenvalue weighted by atomic mass is 9.87. The summed E-state index contributed by atoms with van der Waals surface area (Å²) >= 11 is 5.25. The molecule has 3 aromatic rings. The van der Waals surface area contributed by atoms with Gasteiger partial charge in [-0.3, -0.25) is 0 Å². The highest BCUT2D eigenvalue weighted by atomic mass is 79.9. The molecule has 0 saturated carbocycles. The van der Waals surface area contributed by atoms with Gasteiger partial charge in [-0.1, -0.05) is 84.9 Å². The van der Waals surface area contributed by atoms with Crippen molar-refractivity contribution in [3.63, 3.8) is 0 Å². The molecule has 3 nitrogen and oxygen atoms in total. The maximum absolute atomic E-state index is 4.46. The third kappa shape index (κ3) is 4.38. The van der Waals surface area contributed by atoms with E-state index in [1.807, 2.05) is 6.07 Å². The highest BCUT2D eigenvalue weighted by Crippen LogP contribution is 2.29. The first-order valence-corrected chi connectivity index (χ1v) is 10.6. The molecule has 0 bridgehead atoms.